The molecule has 264 valence electrons. The van der Waals surface area contributed by atoms with Crippen LogP contribution in [0.3, 0.4) is 0 Å². The molecule has 0 fully saturated rings. The minimum absolute atomic E-state index is 0.0147. The van der Waals surface area contributed by atoms with Gasteiger partial charge in [0, 0.05) is 50.4 Å². The molecule has 0 aliphatic rings. The number of Topliss-reactive ketones (excluding diaryl/α,β-unsaturated/α-hetero) is 1. The highest BCUT2D eigenvalue weighted by atomic mass is 32.1. The molecule has 0 radical (unpaired) electrons. The smallest absolute Gasteiger partial charge is 0.327 e. The first-order chi connectivity index (χ1) is 22.0. The zero-order valence-corrected chi connectivity index (χ0v) is 31.0. The number of nitrogens with one attached hydrogen (secondary N) is 2. The Morgan fingerprint density at radius 2 is 1.70 bits per heavy atom. The second-order valence-electron chi connectivity index (χ2n) is 13.2. The summed E-state index contributed by atoms with van der Waals surface area (Å²) < 4.78 is 17.7. The van der Waals surface area contributed by atoms with Gasteiger partial charge in [-0.25, -0.2) is 4.98 Å². The fourth-order valence-corrected chi connectivity index (χ4v) is 7.67. The molecule has 13 heteroatoms. The number of methoxy groups -OCH3 is 1. The minimum Gasteiger partial charge on any atom is -0.374 e. The molecular weight excluding hydrogens is 639 g/mol. The normalized spacial score (nSPS) is 15.9. The first kappa shape index (κ1) is 40.7. The Kier molecular flexibility index (Phi) is 16.4. The van der Waals surface area contributed by atoms with E-state index in [1.165, 1.54) is 11.3 Å². The SMILES string of the molecule is CCC(C)[C@H](CC(=O)[C@@H](NC)C(C)C)C(=O)N(C)[C@H](CC(OC)c1nc(C(=O)N[C@@H](Cc2ccccc2)CP(=O)(O)O)cs1)C(C)C. The van der Waals surface area contributed by atoms with Gasteiger partial charge in [-0.15, -0.1) is 11.3 Å². The lowest BCUT2D eigenvalue weighted by atomic mass is 9.82. The lowest BCUT2D eigenvalue weighted by Gasteiger charge is -2.37. The first-order valence-electron chi connectivity index (χ1n) is 16.4. The summed E-state index contributed by atoms with van der Waals surface area (Å²) in [6.07, 6.45) is 0.587. The van der Waals surface area contributed by atoms with Crippen molar-refractivity contribution in [3.8, 4) is 0 Å². The van der Waals surface area contributed by atoms with E-state index in [4.69, 9.17) is 4.74 Å². The van der Waals surface area contributed by atoms with Gasteiger partial charge in [0.05, 0.1) is 12.2 Å². The van der Waals surface area contributed by atoms with E-state index >= 15 is 0 Å². The van der Waals surface area contributed by atoms with Crippen LogP contribution in [-0.2, 0) is 25.3 Å². The van der Waals surface area contributed by atoms with E-state index in [-0.39, 0.29) is 60.1 Å². The van der Waals surface area contributed by atoms with Gasteiger partial charge in [-0.05, 0) is 36.8 Å². The molecule has 47 heavy (non-hydrogen) atoms. The summed E-state index contributed by atoms with van der Waals surface area (Å²) in [5, 5.41) is 8.01. The Labute approximate surface area is 284 Å². The molecule has 0 saturated heterocycles. The van der Waals surface area contributed by atoms with Crippen LogP contribution in [0.5, 0.6) is 0 Å². The molecule has 1 heterocycles. The molecule has 6 atom stereocenters. The number of rotatable bonds is 20. The summed E-state index contributed by atoms with van der Waals surface area (Å²) in [6.45, 7) is 12.1. The summed E-state index contributed by atoms with van der Waals surface area (Å²) in [6, 6.07) is 7.82. The van der Waals surface area contributed by atoms with Crippen LogP contribution in [0.25, 0.3) is 0 Å². The number of thiazole rings is 1. The minimum atomic E-state index is -4.41. The van der Waals surface area contributed by atoms with Crippen LogP contribution in [0.4, 0.5) is 0 Å². The molecule has 0 saturated carbocycles. The van der Waals surface area contributed by atoms with Gasteiger partial charge >= 0.3 is 7.60 Å². The van der Waals surface area contributed by atoms with E-state index in [1.54, 1.807) is 31.5 Å². The summed E-state index contributed by atoms with van der Waals surface area (Å²) in [7, 11) is 0.709. The summed E-state index contributed by atoms with van der Waals surface area (Å²) >= 11 is 1.25. The number of carbonyl (C=O) groups is 3. The predicted molar refractivity (Wildman–Crippen MR) is 186 cm³/mol. The zero-order chi connectivity index (χ0) is 35.5. The highest BCUT2D eigenvalue weighted by Gasteiger charge is 2.36. The van der Waals surface area contributed by atoms with E-state index in [2.05, 4.69) is 15.6 Å². The van der Waals surface area contributed by atoms with Crippen molar-refractivity contribution in [3.63, 3.8) is 0 Å². The highest BCUT2D eigenvalue weighted by molar-refractivity contribution is 7.51. The lowest BCUT2D eigenvalue weighted by molar-refractivity contribution is -0.142. The first-order valence-corrected chi connectivity index (χ1v) is 19.0. The maximum absolute atomic E-state index is 14.0. The van der Waals surface area contributed by atoms with E-state index in [1.807, 2.05) is 71.9 Å². The molecule has 0 aliphatic heterocycles. The van der Waals surface area contributed by atoms with Gasteiger partial charge < -0.3 is 30.1 Å². The Hall–Kier alpha value is -2.47. The number of hydrogen-bond acceptors (Lipinski definition) is 8. The molecule has 2 unspecified atom stereocenters. The van der Waals surface area contributed by atoms with Crippen molar-refractivity contribution in [1.29, 1.82) is 0 Å². The molecule has 11 nitrogen and oxygen atoms in total. The maximum atomic E-state index is 14.0. The number of hydrogen-bond donors (Lipinski definition) is 4. The molecule has 0 bridgehead atoms. The van der Waals surface area contributed by atoms with Crippen LogP contribution in [0.2, 0.25) is 0 Å². The Balaban J connectivity index is 2.24. The summed E-state index contributed by atoms with van der Waals surface area (Å²) in [5.74, 6) is -0.854. The molecule has 2 aromatic rings. The van der Waals surface area contributed by atoms with Gasteiger partial charge in [0.25, 0.3) is 5.91 Å². The van der Waals surface area contributed by atoms with Crippen molar-refractivity contribution in [2.75, 3.05) is 27.4 Å². The van der Waals surface area contributed by atoms with Crippen molar-refractivity contribution >= 4 is 36.5 Å². The van der Waals surface area contributed by atoms with Crippen LogP contribution in [-0.4, -0.2) is 82.8 Å². The van der Waals surface area contributed by atoms with Crippen molar-refractivity contribution < 1.29 is 33.5 Å². The van der Waals surface area contributed by atoms with Gasteiger partial charge in [-0.2, -0.15) is 0 Å². The van der Waals surface area contributed by atoms with E-state index in [9.17, 15) is 28.7 Å². The van der Waals surface area contributed by atoms with Crippen molar-refractivity contribution in [2.24, 2.45) is 23.7 Å². The monoisotopic (exact) mass is 694 g/mol. The van der Waals surface area contributed by atoms with Gasteiger partial charge in [0.1, 0.15) is 16.8 Å². The third kappa shape index (κ3) is 12.5. The molecule has 1 aromatic heterocycles. The number of ketones is 1. The third-order valence-electron chi connectivity index (χ3n) is 8.90. The average molecular weight is 695 g/mol. The van der Waals surface area contributed by atoms with Gasteiger partial charge in [-0.3, -0.25) is 18.9 Å². The molecule has 2 rings (SSSR count). The number of ether oxygens (including phenoxy) is 1. The maximum Gasteiger partial charge on any atom is 0.327 e. The number of nitrogens with zero attached hydrogens (tertiary/aromatic N) is 2. The van der Waals surface area contributed by atoms with E-state index in [0.29, 0.717) is 11.4 Å². The third-order valence-corrected chi connectivity index (χ3v) is 10.8. The summed E-state index contributed by atoms with van der Waals surface area (Å²) in [5.41, 5.74) is 0.964. The van der Waals surface area contributed by atoms with Gasteiger partial charge in [-0.1, -0.05) is 78.3 Å². The standard InChI is InChI=1S/C34H55N4O7PS/c1-10-23(6)26(17-29(39)31(35-7)22(4)5)34(41)38(8)28(21(2)3)18-30(45-9)33-37-27(20-47-33)32(40)36-25(19-46(42,43)44)16-24-14-12-11-13-15-24/h11-15,20-23,25-26,28,30-31,35H,10,16-19H2,1-9H3,(H,36,40)(H2,42,43,44)/t23?,25-,26-,28+,30?,31-/m0/s1. The summed E-state index contributed by atoms with van der Waals surface area (Å²) in [4.78, 5) is 66.0. The van der Waals surface area contributed by atoms with Crippen molar-refractivity contribution in [2.45, 2.75) is 91.5 Å². The van der Waals surface area contributed by atoms with Crippen molar-refractivity contribution in [3.05, 3.63) is 52.0 Å². The Morgan fingerprint density at radius 3 is 2.21 bits per heavy atom. The molecule has 4 N–H and O–H groups in total. The number of carbonyl (C=O) groups excluding carboxylic acids is 3. The Morgan fingerprint density at radius 1 is 1.06 bits per heavy atom. The van der Waals surface area contributed by atoms with Crippen LogP contribution >= 0.6 is 18.9 Å². The topological polar surface area (TPSA) is 158 Å². The van der Waals surface area contributed by atoms with Gasteiger partial charge in [0.15, 0.2) is 5.78 Å². The van der Waals surface area contributed by atoms with Crippen LogP contribution in [0, 0.1) is 23.7 Å². The number of amides is 2. The second kappa shape index (κ2) is 18.9. The van der Waals surface area contributed by atoms with Gasteiger partial charge in [0.2, 0.25) is 5.91 Å². The molecular formula is C34H55N4O7PS. The van der Waals surface area contributed by atoms with Crippen molar-refractivity contribution in [1.82, 2.24) is 20.5 Å². The molecule has 0 aliphatic carbocycles. The number of likely N-dealkylation sites (N-methyl/N-ethyl adjacent to an activating group) is 1. The fraction of sp³-hybridized carbons (Fsp3) is 0.647. The van der Waals surface area contributed by atoms with Crippen LogP contribution in [0.1, 0.15) is 88.0 Å². The highest BCUT2D eigenvalue weighted by Crippen LogP contribution is 2.36. The molecule has 1 aromatic carbocycles. The zero-order valence-electron chi connectivity index (χ0n) is 29.3. The second-order valence-corrected chi connectivity index (χ2v) is 15.8. The predicted octanol–water partition coefficient (Wildman–Crippen LogP) is 5.09. The molecule has 0 spiro atoms. The lowest BCUT2D eigenvalue weighted by Crippen LogP contribution is -2.47. The number of benzene rings is 1. The van der Waals surface area contributed by atoms with Crippen LogP contribution < -0.4 is 10.6 Å². The molecule has 2 amide bonds. The average Bonchev–Trinajstić information content (AvgIpc) is 3.49. The quantitative estimate of drug-likeness (QED) is 0.139. The fourth-order valence-electron chi connectivity index (χ4n) is 5.99. The Bertz CT molecular complexity index is 1330. The van der Waals surface area contributed by atoms with Crippen LogP contribution in [0.15, 0.2) is 35.7 Å². The van der Waals surface area contributed by atoms with E-state index in [0.717, 1.165) is 12.0 Å². The van der Waals surface area contributed by atoms with E-state index < -0.39 is 37.7 Å². The number of aromatic nitrogens is 1. The largest absolute Gasteiger partial charge is 0.374 e.